The van der Waals surface area contributed by atoms with Gasteiger partial charge < -0.3 is 19.9 Å². The van der Waals surface area contributed by atoms with Gasteiger partial charge in [0.1, 0.15) is 0 Å². The SMILES string of the molecule is OCC1(NC2CCOC3(CCOCC3)C2)CC1. The maximum absolute atomic E-state index is 9.38. The first-order chi connectivity index (χ1) is 8.26. The fourth-order valence-electron chi connectivity index (χ4n) is 3.17. The zero-order valence-corrected chi connectivity index (χ0v) is 10.4. The number of hydrogen-bond acceptors (Lipinski definition) is 4. The quantitative estimate of drug-likeness (QED) is 0.768. The number of hydrogen-bond donors (Lipinski definition) is 2. The second kappa shape index (κ2) is 4.50. The van der Waals surface area contributed by atoms with Gasteiger partial charge in [-0.2, -0.15) is 0 Å². The van der Waals surface area contributed by atoms with E-state index >= 15 is 0 Å². The number of aliphatic hydroxyl groups is 1. The van der Waals surface area contributed by atoms with Crippen LogP contribution in [0, 0.1) is 0 Å². The maximum Gasteiger partial charge on any atom is 0.0741 e. The third-order valence-corrected chi connectivity index (χ3v) is 4.56. The average Bonchev–Trinajstić information content (AvgIpc) is 3.11. The van der Waals surface area contributed by atoms with Crippen LogP contribution in [0.15, 0.2) is 0 Å². The molecule has 2 saturated heterocycles. The van der Waals surface area contributed by atoms with E-state index in [9.17, 15) is 5.11 Å². The van der Waals surface area contributed by atoms with Crippen LogP contribution in [0.2, 0.25) is 0 Å². The highest BCUT2D eigenvalue weighted by Crippen LogP contribution is 2.39. The molecule has 3 aliphatic rings. The Morgan fingerprint density at radius 1 is 1.12 bits per heavy atom. The lowest BCUT2D eigenvalue weighted by Gasteiger charge is -2.44. The van der Waals surface area contributed by atoms with Gasteiger partial charge in [-0.05, 0) is 38.5 Å². The van der Waals surface area contributed by atoms with E-state index in [0.29, 0.717) is 6.04 Å². The molecule has 0 amide bonds. The molecule has 1 unspecified atom stereocenters. The molecule has 17 heavy (non-hydrogen) atoms. The first-order valence-corrected chi connectivity index (χ1v) is 6.86. The molecule has 3 fully saturated rings. The van der Waals surface area contributed by atoms with Crippen LogP contribution in [0.4, 0.5) is 0 Å². The van der Waals surface area contributed by atoms with E-state index in [1.54, 1.807) is 0 Å². The van der Waals surface area contributed by atoms with Crippen molar-refractivity contribution in [3.05, 3.63) is 0 Å². The largest absolute Gasteiger partial charge is 0.394 e. The lowest BCUT2D eigenvalue weighted by molar-refractivity contribution is -0.141. The van der Waals surface area contributed by atoms with Crippen LogP contribution < -0.4 is 5.32 Å². The highest BCUT2D eigenvalue weighted by molar-refractivity contribution is 5.05. The minimum atomic E-state index is 0.0500. The second-order valence-electron chi connectivity index (χ2n) is 5.92. The highest BCUT2D eigenvalue weighted by Gasteiger charge is 2.46. The fraction of sp³-hybridized carbons (Fsp3) is 1.00. The van der Waals surface area contributed by atoms with E-state index in [1.807, 2.05) is 0 Å². The molecule has 4 nitrogen and oxygen atoms in total. The first-order valence-electron chi connectivity index (χ1n) is 6.86. The van der Waals surface area contributed by atoms with Crippen LogP contribution in [0.1, 0.15) is 38.5 Å². The van der Waals surface area contributed by atoms with Gasteiger partial charge in [0.15, 0.2) is 0 Å². The molecule has 1 spiro atoms. The van der Waals surface area contributed by atoms with Crippen LogP contribution in [0.3, 0.4) is 0 Å². The Hall–Kier alpha value is -0.160. The fourth-order valence-corrected chi connectivity index (χ4v) is 3.17. The Kier molecular flexibility index (Phi) is 3.15. The van der Waals surface area contributed by atoms with Crippen LogP contribution >= 0.6 is 0 Å². The predicted octanol–water partition coefficient (Wildman–Crippen LogP) is 0.829. The number of ether oxygens (including phenoxy) is 2. The van der Waals surface area contributed by atoms with Gasteiger partial charge in [-0.25, -0.2) is 0 Å². The van der Waals surface area contributed by atoms with Crippen LogP contribution in [0.25, 0.3) is 0 Å². The Morgan fingerprint density at radius 2 is 1.88 bits per heavy atom. The minimum Gasteiger partial charge on any atom is -0.394 e. The van der Waals surface area contributed by atoms with E-state index < -0.39 is 0 Å². The summed E-state index contributed by atoms with van der Waals surface area (Å²) in [5, 5.41) is 13.0. The lowest BCUT2D eigenvalue weighted by atomic mass is 9.84. The molecule has 98 valence electrons. The average molecular weight is 241 g/mol. The van der Waals surface area contributed by atoms with Crippen molar-refractivity contribution in [2.45, 2.75) is 55.7 Å². The van der Waals surface area contributed by atoms with Crippen molar-refractivity contribution in [1.29, 1.82) is 0 Å². The summed E-state index contributed by atoms with van der Waals surface area (Å²) in [7, 11) is 0. The Morgan fingerprint density at radius 3 is 2.53 bits per heavy atom. The molecule has 0 aromatic rings. The van der Waals surface area contributed by atoms with Crippen molar-refractivity contribution in [3.63, 3.8) is 0 Å². The molecule has 0 bridgehead atoms. The monoisotopic (exact) mass is 241 g/mol. The van der Waals surface area contributed by atoms with Crippen molar-refractivity contribution in [1.82, 2.24) is 5.32 Å². The lowest BCUT2D eigenvalue weighted by Crippen LogP contribution is -2.53. The summed E-state index contributed by atoms with van der Waals surface area (Å²) in [6.07, 6.45) is 6.45. The first kappa shape index (κ1) is 11.9. The molecular weight excluding hydrogens is 218 g/mol. The van der Waals surface area contributed by atoms with Crippen molar-refractivity contribution < 1.29 is 14.6 Å². The number of nitrogens with one attached hydrogen (secondary N) is 1. The predicted molar refractivity (Wildman–Crippen MR) is 63.9 cm³/mol. The molecule has 1 saturated carbocycles. The van der Waals surface area contributed by atoms with Gasteiger partial charge in [0.05, 0.1) is 12.2 Å². The van der Waals surface area contributed by atoms with Gasteiger partial charge in [0.2, 0.25) is 0 Å². The third-order valence-electron chi connectivity index (χ3n) is 4.56. The summed E-state index contributed by atoms with van der Waals surface area (Å²) in [5.41, 5.74) is 0.105. The van der Waals surface area contributed by atoms with Crippen LogP contribution in [0.5, 0.6) is 0 Å². The maximum atomic E-state index is 9.38. The van der Waals surface area contributed by atoms with Crippen LogP contribution in [-0.2, 0) is 9.47 Å². The third kappa shape index (κ3) is 2.50. The molecular formula is C13H23NO3. The van der Waals surface area contributed by atoms with E-state index in [1.165, 1.54) is 0 Å². The van der Waals surface area contributed by atoms with E-state index in [-0.39, 0.29) is 17.7 Å². The summed E-state index contributed by atoms with van der Waals surface area (Å²) in [6, 6.07) is 0.511. The molecule has 1 aliphatic carbocycles. The molecule has 1 atom stereocenters. The van der Waals surface area contributed by atoms with Gasteiger partial charge in [0.25, 0.3) is 0 Å². The topological polar surface area (TPSA) is 50.7 Å². The molecule has 2 heterocycles. The van der Waals surface area contributed by atoms with Gasteiger partial charge >= 0.3 is 0 Å². The summed E-state index contributed by atoms with van der Waals surface area (Å²) in [5.74, 6) is 0. The Balaban J connectivity index is 1.59. The van der Waals surface area contributed by atoms with Gasteiger partial charge in [0, 0.05) is 31.4 Å². The number of aliphatic hydroxyl groups excluding tert-OH is 1. The molecule has 2 N–H and O–H groups in total. The standard InChI is InChI=1S/C13H23NO3/c15-10-12(2-3-12)14-11-1-6-17-13(9-11)4-7-16-8-5-13/h11,14-15H,1-10H2. The number of rotatable bonds is 3. The van der Waals surface area contributed by atoms with Crippen molar-refractivity contribution >= 4 is 0 Å². The van der Waals surface area contributed by atoms with Crippen molar-refractivity contribution in [3.8, 4) is 0 Å². The zero-order valence-electron chi connectivity index (χ0n) is 10.4. The summed E-state index contributed by atoms with van der Waals surface area (Å²) in [6.45, 7) is 2.79. The van der Waals surface area contributed by atoms with E-state index in [4.69, 9.17) is 9.47 Å². The minimum absolute atomic E-state index is 0.0500. The molecule has 0 aromatic heterocycles. The normalized spacial score (nSPS) is 34.8. The molecule has 0 radical (unpaired) electrons. The molecule has 4 heteroatoms. The zero-order chi connectivity index (χ0) is 11.8. The van der Waals surface area contributed by atoms with Gasteiger partial charge in [-0.1, -0.05) is 0 Å². The Bertz CT molecular complexity index is 266. The smallest absolute Gasteiger partial charge is 0.0741 e. The van der Waals surface area contributed by atoms with E-state index in [2.05, 4.69) is 5.32 Å². The molecule has 2 aliphatic heterocycles. The molecule has 0 aromatic carbocycles. The summed E-state index contributed by atoms with van der Waals surface area (Å²) in [4.78, 5) is 0. The van der Waals surface area contributed by atoms with Gasteiger partial charge in [-0.3, -0.25) is 0 Å². The van der Waals surface area contributed by atoms with Crippen molar-refractivity contribution in [2.24, 2.45) is 0 Å². The second-order valence-corrected chi connectivity index (χ2v) is 5.92. The van der Waals surface area contributed by atoms with E-state index in [0.717, 1.165) is 58.3 Å². The van der Waals surface area contributed by atoms with Crippen LogP contribution in [-0.4, -0.2) is 48.7 Å². The van der Waals surface area contributed by atoms with Crippen molar-refractivity contribution in [2.75, 3.05) is 26.4 Å². The Labute approximate surface area is 103 Å². The highest BCUT2D eigenvalue weighted by atomic mass is 16.5. The summed E-state index contributed by atoms with van der Waals surface area (Å²) < 4.78 is 11.4. The van der Waals surface area contributed by atoms with Gasteiger partial charge in [-0.15, -0.1) is 0 Å². The summed E-state index contributed by atoms with van der Waals surface area (Å²) >= 11 is 0. The molecule has 3 rings (SSSR count).